The van der Waals surface area contributed by atoms with Gasteiger partial charge in [-0.2, -0.15) is 0 Å². The lowest BCUT2D eigenvalue weighted by Crippen LogP contribution is -2.36. The number of hydrogen-bond donors (Lipinski definition) is 3. The summed E-state index contributed by atoms with van der Waals surface area (Å²) in [5.74, 6) is 0.832. The Balaban J connectivity index is 2.24. The fourth-order valence-electron chi connectivity index (χ4n) is 3.05. The molecular formula is C16H31NO4. The lowest BCUT2D eigenvalue weighted by molar-refractivity contribution is -0.132. The normalized spacial score (nSPS) is 17.7. The van der Waals surface area contributed by atoms with Crippen LogP contribution in [0.3, 0.4) is 0 Å². The van der Waals surface area contributed by atoms with Crippen molar-refractivity contribution in [3.05, 3.63) is 0 Å². The second kappa shape index (κ2) is 11.0. The molecular weight excluding hydrogens is 270 g/mol. The van der Waals surface area contributed by atoms with Crippen LogP contribution < -0.4 is 0 Å². The molecule has 124 valence electrons. The average molecular weight is 301 g/mol. The molecule has 0 unspecified atom stereocenters. The van der Waals surface area contributed by atoms with Crippen LogP contribution in [0.4, 0.5) is 0 Å². The first-order valence-corrected chi connectivity index (χ1v) is 8.35. The van der Waals surface area contributed by atoms with E-state index < -0.39 is 6.10 Å². The van der Waals surface area contributed by atoms with Crippen molar-refractivity contribution in [3.63, 3.8) is 0 Å². The molecule has 1 rings (SSSR count). The van der Waals surface area contributed by atoms with E-state index in [9.17, 15) is 9.90 Å². The van der Waals surface area contributed by atoms with Crippen LogP contribution in [0.5, 0.6) is 0 Å². The van der Waals surface area contributed by atoms with E-state index in [4.69, 9.17) is 10.2 Å². The zero-order valence-electron chi connectivity index (χ0n) is 13.0. The Bertz CT molecular complexity index is 279. The first kappa shape index (κ1) is 18.4. The van der Waals surface area contributed by atoms with E-state index in [0.29, 0.717) is 25.9 Å². The second-order valence-corrected chi connectivity index (χ2v) is 6.13. The molecule has 1 saturated carbocycles. The Hall–Kier alpha value is -0.650. The van der Waals surface area contributed by atoms with Crippen LogP contribution in [-0.4, -0.2) is 58.5 Å². The molecule has 1 amide bonds. The summed E-state index contributed by atoms with van der Waals surface area (Å²) in [6, 6.07) is 0. The van der Waals surface area contributed by atoms with Gasteiger partial charge in [0, 0.05) is 19.5 Å². The van der Waals surface area contributed by atoms with Gasteiger partial charge in [-0.15, -0.1) is 0 Å². The Labute approximate surface area is 128 Å². The molecule has 0 aromatic carbocycles. The lowest BCUT2D eigenvalue weighted by Gasteiger charge is -2.24. The molecule has 1 fully saturated rings. The van der Waals surface area contributed by atoms with Gasteiger partial charge in [-0.05, 0) is 25.2 Å². The van der Waals surface area contributed by atoms with Crippen LogP contribution in [0.15, 0.2) is 0 Å². The number of aliphatic hydroxyl groups excluding tert-OH is 3. The summed E-state index contributed by atoms with van der Waals surface area (Å²) in [5.41, 5.74) is 0. The van der Waals surface area contributed by atoms with Crippen molar-refractivity contribution in [1.82, 2.24) is 4.90 Å². The van der Waals surface area contributed by atoms with Gasteiger partial charge in [0.1, 0.15) is 0 Å². The van der Waals surface area contributed by atoms with E-state index in [1.807, 2.05) is 0 Å². The molecule has 21 heavy (non-hydrogen) atoms. The fourth-order valence-corrected chi connectivity index (χ4v) is 3.05. The van der Waals surface area contributed by atoms with Crippen LogP contribution in [0.25, 0.3) is 0 Å². The average Bonchev–Trinajstić information content (AvgIpc) is 2.51. The molecule has 5 nitrogen and oxygen atoms in total. The summed E-state index contributed by atoms with van der Waals surface area (Å²) in [6.07, 6.45) is 8.73. The molecule has 0 aromatic rings. The highest BCUT2D eigenvalue weighted by atomic mass is 16.3. The van der Waals surface area contributed by atoms with E-state index >= 15 is 0 Å². The van der Waals surface area contributed by atoms with Gasteiger partial charge in [-0.3, -0.25) is 4.79 Å². The van der Waals surface area contributed by atoms with Gasteiger partial charge in [0.2, 0.25) is 5.91 Å². The maximum absolute atomic E-state index is 12.1. The predicted molar refractivity (Wildman–Crippen MR) is 81.8 cm³/mol. The highest BCUT2D eigenvalue weighted by Gasteiger charge is 2.17. The Morgan fingerprint density at radius 1 is 1.14 bits per heavy atom. The fraction of sp³-hybridized carbons (Fsp3) is 0.938. The van der Waals surface area contributed by atoms with Gasteiger partial charge >= 0.3 is 0 Å². The summed E-state index contributed by atoms with van der Waals surface area (Å²) < 4.78 is 0. The number of carbonyl (C=O) groups excluding carboxylic acids is 1. The maximum Gasteiger partial charge on any atom is 0.222 e. The van der Waals surface area contributed by atoms with Crippen molar-refractivity contribution in [2.24, 2.45) is 5.92 Å². The molecule has 0 radical (unpaired) electrons. The highest BCUT2D eigenvalue weighted by Crippen LogP contribution is 2.27. The SMILES string of the molecule is O=C(CCCC1CCCCC1)N(CCO)CC[C@@H](O)CO. The molecule has 0 spiro atoms. The molecule has 0 heterocycles. The number of nitrogens with zero attached hydrogens (tertiary/aromatic N) is 1. The first-order chi connectivity index (χ1) is 10.2. The van der Waals surface area contributed by atoms with E-state index in [2.05, 4.69) is 0 Å². The van der Waals surface area contributed by atoms with Gasteiger partial charge in [0.05, 0.1) is 19.3 Å². The van der Waals surface area contributed by atoms with Gasteiger partial charge in [-0.1, -0.05) is 32.1 Å². The van der Waals surface area contributed by atoms with Crippen LogP contribution in [0.1, 0.15) is 57.8 Å². The third kappa shape index (κ3) is 7.79. The number of hydrogen-bond acceptors (Lipinski definition) is 4. The minimum atomic E-state index is -0.791. The summed E-state index contributed by atoms with van der Waals surface area (Å²) >= 11 is 0. The zero-order valence-corrected chi connectivity index (χ0v) is 13.0. The van der Waals surface area contributed by atoms with Crippen molar-refractivity contribution < 1.29 is 20.1 Å². The van der Waals surface area contributed by atoms with E-state index in [0.717, 1.165) is 18.8 Å². The Kier molecular flexibility index (Phi) is 9.63. The smallest absolute Gasteiger partial charge is 0.222 e. The van der Waals surface area contributed by atoms with Crippen LogP contribution in [0.2, 0.25) is 0 Å². The molecule has 0 aliphatic heterocycles. The summed E-state index contributed by atoms with van der Waals surface area (Å²) in [4.78, 5) is 13.7. The van der Waals surface area contributed by atoms with Crippen LogP contribution in [0, 0.1) is 5.92 Å². The molecule has 5 heteroatoms. The minimum absolute atomic E-state index is 0.0463. The van der Waals surface area contributed by atoms with Gasteiger partial charge in [-0.25, -0.2) is 0 Å². The third-order valence-electron chi connectivity index (χ3n) is 4.39. The number of carbonyl (C=O) groups is 1. The molecule has 0 bridgehead atoms. The molecule has 0 aromatic heterocycles. The van der Waals surface area contributed by atoms with Crippen LogP contribution >= 0.6 is 0 Å². The van der Waals surface area contributed by atoms with Crippen molar-refractivity contribution in [3.8, 4) is 0 Å². The zero-order chi connectivity index (χ0) is 15.5. The lowest BCUT2D eigenvalue weighted by atomic mass is 9.86. The highest BCUT2D eigenvalue weighted by molar-refractivity contribution is 5.76. The number of aliphatic hydroxyl groups is 3. The molecule has 1 atom stereocenters. The van der Waals surface area contributed by atoms with Crippen molar-refractivity contribution in [1.29, 1.82) is 0 Å². The standard InChI is InChI=1S/C16H31NO4/c18-12-11-17(10-9-15(20)13-19)16(21)8-4-7-14-5-2-1-3-6-14/h14-15,18-20H,1-13H2/t15-/m1/s1. The second-order valence-electron chi connectivity index (χ2n) is 6.13. The Morgan fingerprint density at radius 2 is 1.86 bits per heavy atom. The van der Waals surface area contributed by atoms with Crippen LogP contribution in [-0.2, 0) is 4.79 Å². The summed E-state index contributed by atoms with van der Waals surface area (Å²) in [6.45, 7) is 0.345. The quantitative estimate of drug-likeness (QED) is 0.568. The predicted octanol–water partition coefficient (Wildman–Crippen LogP) is 1.30. The number of amides is 1. The molecule has 1 aliphatic rings. The maximum atomic E-state index is 12.1. The van der Waals surface area contributed by atoms with E-state index in [1.54, 1.807) is 4.90 Å². The molecule has 3 N–H and O–H groups in total. The Morgan fingerprint density at radius 3 is 2.48 bits per heavy atom. The summed E-state index contributed by atoms with van der Waals surface area (Å²) in [5, 5.41) is 27.2. The van der Waals surface area contributed by atoms with Crippen molar-refractivity contribution >= 4 is 5.91 Å². The van der Waals surface area contributed by atoms with Gasteiger partial charge in [0.25, 0.3) is 0 Å². The van der Waals surface area contributed by atoms with Crippen molar-refractivity contribution in [2.45, 2.75) is 63.9 Å². The largest absolute Gasteiger partial charge is 0.395 e. The monoisotopic (exact) mass is 301 g/mol. The van der Waals surface area contributed by atoms with Gasteiger partial charge < -0.3 is 20.2 Å². The summed E-state index contributed by atoms with van der Waals surface area (Å²) in [7, 11) is 0. The first-order valence-electron chi connectivity index (χ1n) is 8.35. The number of rotatable bonds is 10. The topological polar surface area (TPSA) is 81.0 Å². The van der Waals surface area contributed by atoms with Crippen molar-refractivity contribution in [2.75, 3.05) is 26.3 Å². The van der Waals surface area contributed by atoms with E-state index in [-0.39, 0.29) is 19.1 Å². The molecule has 0 saturated heterocycles. The minimum Gasteiger partial charge on any atom is -0.395 e. The third-order valence-corrected chi connectivity index (χ3v) is 4.39. The molecule has 1 aliphatic carbocycles. The van der Waals surface area contributed by atoms with E-state index in [1.165, 1.54) is 32.1 Å². The van der Waals surface area contributed by atoms with Gasteiger partial charge in [0.15, 0.2) is 0 Å².